The van der Waals surface area contributed by atoms with Crippen molar-refractivity contribution in [2.75, 3.05) is 5.32 Å². The molecule has 0 saturated carbocycles. The Labute approximate surface area is 151 Å². The summed E-state index contributed by atoms with van der Waals surface area (Å²) >= 11 is 3.16. The van der Waals surface area contributed by atoms with Crippen LogP contribution in [0.4, 0.5) is 5.82 Å². The minimum Gasteiger partial charge on any atom is -0.444 e. The van der Waals surface area contributed by atoms with Crippen LogP contribution in [-0.2, 0) is 6.42 Å². The van der Waals surface area contributed by atoms with Gasteiger partial charge in [-0.25, -0.2) is 4.98 Å². The maximum absolute atomic E-state index is 12.3. The van der Waals surface area contributed by atoms with Crippen LogP contribution in [0.5, 0.6) is 0 Å². The number of aromatic nitrogens is 4. The van der Waals surface area contributed by atoms with Gasteiger partial charge in [0.15, 0.2) is 10.4 Å². The van der Waals surface area contributed by atoms with Crippen molar-refractivity contribution in [3.63, 3.8) is 0 Å². The molecule has 0 unspecified atom stereocenters. The maximum atomic E-state index is 12.3. The van der Waals surface area contributed by atoms with E-state index in [1.54, 1.807) is 25.1 Å². The summed E-state index contributed by atoms with van der Waals surface area (Å²) in [7, 11) is 0. The molecule has 0 aliphatic rings. The largest absolute Gasteiger partial charge is 0.444 e. The molecule has 0 saturated heterocycles. The molecule has 0 bridgehead atoms. The van der Waals surface area contributed by atoms with E-state index in [4.69, 9.17) is 4.42 Å². The van der Waals surface area contributed by atoms with Gasteiger partial charge >= 0.3 is 0 Å². The molecule has 3 heterocycles. The molecule has 25 heavy (non-hydrogen) atoms. The van der Waals surface area contributed by atoms with Gasteiger partial charge < -0.3 is 9.73 Å². The van der Waals surface area contributed by atoms with Crippen molar-refractivity contribution in [1.29, 1.82) is 0 Å². The summed E-state index contributed by atoms with van der Waals surface area (Å²) in [6.07, 6.45) is 1.55. The summed E-state index contributed by atoms with van der Waals surface area (Å²) in [4.78, 5) is 31.2. The number of hydrogen-bond donors (Lipinski definition) is 2. The first-order chi connectivity index (χ1) is 12.0. The lowest BCUT2D eigenvalue weighted by Gasteiger charge is -2.08. The summed E-state index contributed by atoms with van der Waals surface area (Å²) in [5.74, 6) is 0.351. The van der Waals surface area contributed by atoms with Gasteiger partial charge in [0.1, 0.15) is 5.82 Å². The number of H-pyrrole nitrogens is 1. The number of aryl methyl sites for hydroxylation is 2. The molecule has 0 aliphatic heterocycles. The molecular weight excluding hydrogens is 390 g/mol. The average molecular weight is 406 g/mol. The lowest BCUT2D eigenvalue weighted by molar-refractivity contribution is 0.0994. The van der Waals surface area contributed by atoms with Gasteiger partial charge in [-0.3, -0.25) is 14.6 Å². The van der Waals surface area contributed by atoms with E-state index in [9.17, 15) is 9.59 Å². The molecular formula is C16H16BrN5O3. The molecule has 2 N–H and O–H groups in total. The number of carbonyl (C=O) groups excluding carboxylic acids is 1. The van der Waals surface area contributed by atoms with Crippen LogP contribution in [0.2, 0.25) is 0 Å². The van der Waals surface area contributed by atoms with Crippen LogP contribution in [0, 0.1) is 6.92 Å². The van der Waals surface area contributed by atoms with E-state index < -0.39 is 5.91 Å². The number of aromatic amines is 1. The zero-order chi connectivity index (χ0) is 18.0. The molecule has 1 amide bonds. The number of carbonyl (C=O) groups is 1. The molecule has 3 aromatic heterocycles. The van der Waals surface area contributed by atoms with Crippen molar-refractivity contribution >= 4 is 27.7 Å². The first-order valence-corrected chi connectivity index (χ1v) is 8.49. The number of amides is 1. The van der Waals surface area contributed by atoms with E-state index in [0.29, 0.717) is 28.3 Å². The van der Waals surface area contributed by atoms with Crippen molar-refractivity contribution in [1.82, 2.24) is 19.7 Å². The van der Waals surface area contributed by atoms with Gasteiger partial charge in [0.25, 0.3) is 11.5 Å². The van der Waals surface area contributed by atoms with Crippen molar-refractivity contribution in [2.45, 2.75) is 26.7 Å². The number of halogens is 1. The standard InChI is InChI=1S/C16H16BrN5O3/c1-3-4-10-8-14(23)20-16(18-10)22-13(7-9(2)21-22)19-15(24)11-5-6-12(17)25-11/h5-8H,3-4H2,1-2H3,(H,19,24)(H,18,20,23). The molecule has 130 valence electrons. The fourth-order valence-electron chi connectivity index (χ4n) is 2.34. The van der Waals surface area contributed by atoms with Gasteiger partial charge in [-0.2, -0.15) is 9.78 Å². The highest BCUT2D eigenvalue weighted by atomic mass is 79.9. The van der Waals surface area contributed by atoms with Crippen LogP contribution in [-0.4, -0.2) is 25.7 Å². The van der Waals surface area contributed by atoms with Crippen LogP contribution in [0.25, 0.3) is 5.95 Å². The van der Waals surface area contributed by atoms with Crippen molar-refractivity contribution in [3.05, 3.63) is 56.4 Å². The molecule has 3 rings (SSSR count). The summed E-state index contributed by atoms with van der Waals surface area (Å²) in [6, 6.07) is 6.32. The van der Waals surface area contributed by atoms with Gasteiger partial charge in [-0.15, -0.1) is 0 Å². The summed E-state index contributed by atoms with van der Waals surface area (Å²) < 4.78 is 7.10. The second kappa shape index (κ2) is 7.06. The molecule has 0 fully saturated rings. The molecule has 8 nitrogen and oxygen atoms in total. The van der Waals surface area contributed by atoms with Gasteiger partial charge in [-0.1, -0.05) is 13.3 Å². The van der Waals surface area contributed by atoms with E-state index in [1.165, 1.54) is 10.7 Å². The number of furan rings is 1. The summed E-state index contributed by atoms with van der Waals surface area (Å²) in [5, 5.41) is 7.02. The number of hydrogen-bond acceptors (Lipinski definition) is 5. The van der Waals surface area contributed by atoms with Crippen LogP contribution in [0.1, 0.15) is 35.3 Å². The molecule has 9 heteroatoms. The Kier molecular flexibility index (Phi) is 4.84. The van der Waals surface area contributed by atoms with Crippen molar-refractivity contribution in [2.24, 2.45) is 0 Å². The van der Waals surface area contributed by atoms with Crippen LogP contribution < -0.4 is 10.9 Å². The monoisotopic (exact) mass is 405 g/mol. The lowest BCUT2D eigenvalue weighted by atomic mass is 10.2. The zero-order valence-electron chi connectivity index (χ0n) is 13.7. The Hall–Kier alpha value is -2.68. The highest BCUT2D eigenvalue weighted by molar-refractivity contribution is 9.10. The minimum absolute atomic E-state index is 0.151. The Balaban J connectivity index is 1.96. The van der Waals surface area contributed by atoms with Gasteiger partial charge in [0, 0.05) is 17.8 Å². The number of nitrogens with one attached hydrogen (secondary N) is 2. The van der Waals surface area contributed by atoms with Crippen molar-refractivity contribution in [3.8, 4) is 5.95 Å². The molecule has 0 atom stereocenters. The van der Waals surface area contributed by atoms with Crippen LogP contribution in [0.15, 0.2) is 38.1 Å². The maximum Gasteiger partial charge on any atom is 0.292 e. The van der Waals surface area contributed by atoms with E-state index in [2.05, 4.69) is 36.3 Å². The van der Waals surface area contributed by atoms with Crippen LogP contribution in [0.3, 0.4) is 0 Å². The highest BCUT2D eigenvalue weighted by Gasteiger charge is 2.16. The quantitative estimate of drug-likeness (QED) is 0.678. The first-order valence-electron chi connectivity index (χ1n) is 7.70. The first kappa shape index (κ1) is 17.2. The summed E-state index contributed by atoms with van der Waals surface area (Å²) in [5.41, 5.74) is 1.06. The molecule has 0 radical (unpaired) electrons. The van der Waals surface area contributed by atoms with Gasteiger partial charge in [-0.05, 0) is 41.4 Å². The third kappa shape index (κ3) is 3.87. The Morgan fingerprint density at radius 2 is 2.20 bits per heavy atom. The van der Waals surface area contributed by atoms with Crippen molar-refractivity contribution < 1.29 is 9.21 Å². The summed E-state index contributed by atoms with van der Waals surface area (Å²) in [6.45, 7) is 3.79. The zero-order valence-corrected chi connectivity index (χ0v) is 15.3. The van der Waals surface area contributed by atoms with E-state index in [1.807, 2.05) is 6.92 Å². The number of anilines is 1. The second-order valence-electron chi connectivity index (χ2n) is 5.45. The predicted molar refractivity (Wildman–Crippen MR) is 95.1 cm³/mol. The topological polar surface area (TPSA) is 106 Å². The third-order valence-electron chi connectivity index (χ3n) is 3.36. The molecule has 3 aromatic rings. The fourth-order valence-corrected chi connectivity index (χ4v) is 2.65. The molecule has 0 aromatic carbocycles. The SMILES string of the molecule is CCCc1cc(=O)[nH]c(-n2nc(C)cc2NC(=O)c2ccc(Br)o2)n1. The molecule has 0 aliphatic carbocycles. The Bertz CT molecular complexity index is 972. The predicted octanol–water partition coefficient (Wildman–Crippen LogP) is 2.82. The van der Waals surface area contributed by atoms with Crippen LogP contribution >= 0.6 is 15.9 Å². The molecule has 0 spiro atoms. The lowest BCUT2D eigenvalue weighted by Crippen LogP contribution is -2.19. The second-order valence-corrected chi connectivity index (χ2v) is 6.23. The van der Waals surface area contributed by atoms with Gasteiger partial charge in [0.05, 0.1) is 5.69 Å². The van der Waals surface area contributed by atoms with Gasteiger partial charge in [0.2, 0.25) is 5.95 Å². The fraction of sp³-hybridized carbons (Fsp3) is 0.250. The Morgan fingerprint density at radius 1 is 1.40 bits per heavy atom. The smallest absolute Gasteiger partial charge is 0.292 e. The van der Waals surface area contributed by atoms with E-state index in [-0.39, 0.29) is 17.3 Å². The number of nitrogens with zero attached hydrogens (tertiary/aromatic N) is 3. The van der Waals surface area contributed by atoms with E-state index >= 15 is 0 Å². The Morgan fingerprint density at radius 3 is 2.88 bits per heavy atom. The third-order valence-corrected chi connectivity index (χ3v) is 3.79. The van der Waals surface area contributed by atoms with E-state index in [0.717, 1.165) is 6.42 Å². The number of rotatable bonds is 5. The minimum atomic E-state index is -0.432. The highest BCUT2D eigenvalue weighted by Crippen LogP contribution is 2.18. The normalized spacial score (nSPS) is 10.8. The average Bonchev–Trinajstić information content (AvgIpc) is 3.13.